The molecule has 0 saturated carbocycles. The van der Waals surface area contributed by atoms with Gasteiger partial charge in [-0.05, 0) is 0 Å². The molecule has 0 unspecified atom stereocenters. The van der Waals surface area contributed by atoms with E-state index >= 15 is 0 Å². The van der Waals surface area contributed by atoms with Gasteiger partial charge in [0.05, 0.1) is 6.61 Å². The molecule has 0 fully saturated rings. The molecule has 0 aromatic rings. The second-order valence-electron chi connectivity index (χ2n) is 4.95. The SMILES string of the molecule is COC[C@H](OC(C)=O)[C@@H](OC(C)=O)[C@H](OC)[C@@H](COC(C)=O)OC. The number of rotatable bonds is 11. The monoisotopic (exact) mass is 350 g/mol. The largest absolute Gasteiger partial charge is 0.463 e. The highest BCUT2D eigenvalue weighted by molar-refractivity contribution is 5.67. The van der Waals surface area contributed by atoms with E-state index in [1.807, 2.05) is 0 Å². The van der Waals surface area contributed by atoms with Gasteiger partial charge in [-0.2, -0.15) is 0 Å². The Balaban J connectivity index is 5.46. The average Bonchev–Trinajstić information content (AvgIpc) is 2.48. The van der Waals surface area contributed by atoms with Crippen molar-refractivity contribution in [2.45, 2.75) is 45.2 Å². The molecule has 0 aromatic heterocycles. The van der Waals surface area contributed by atoms with E-state index in [9.17, 15) is 14.4 Å². The van der Waals surface area contributed by atoms with E-state index in [2.05, 4.69) is 0 Å². The summed E-state index contributed by atoms with van der Waals surface area (Å²) in [4.78, 5) is 33.8. The summed E-state index contributed by atoms with van der Waals surface area (Å²) in [7, 11) is 4.18. The number of carbonyl (C=O) groups is 3. The Kier molecular flexibility index (Phi) is 10.9. The Morgan fingerprint density at radius 3 is 1.67 bits per heavy atom. The van der Waals surface area contributed by atoms with Gasteiger partial charge in [0.25, 0.3) is 0 Å². The Morgan fingerprint density at radius 1 is 0.708 bits per heavy atom. The van der Waals surface area contributed by atoms with Gasteiger partial charge in [-0.25, -0.2) is 0 Å². The van der Waals surface area contributed by atoms with Crippen LogP contribution in [0.2, 0.25) is 0 Å². The van der Waals surface area contributed by atoms with Gasteiger partial charge in [0.15, 0.2) is 12.2 Å². The van der Waals surface area contributed by atoms with E-state index < -0.39 is 42.3 Å². The molecule has 24 heavy (non-hydrogen) atoms. The number of carbonyl (C=O) groups excluding carboxylic acids is 3. The Morgan fingerprint density at radius 2 is 1.29 bits per heavy atom. The summed E-state index contributed by atoms with van der Waals surface area (Å²) < 4.78 is 31.0. The minimum atomic E-state index is -1.02. The second-order valence-corrected chi connectivity index (χ2v) is 4.95. The third-order valence-corrected chi connectivity index (χ3v) is 3.03. The predicted octanol–water partition coefficient (Wildman–Crippen LogP) is 0.0893. The van der Waals surface area contributed by atoms with E-state index in [0.717, 1.165) is 0 Å². The summed E-state index contributed by atoms with van der Waals surface area (Å²) in [6.07, 6.45) is -3.55. The highest BCUT2D eigenvalue weighted by Crippen LogP contribution is 2.18. The lowest BCUT2D eigenvalue weighted by molar-refractivity contribution is -0.196. The molecule has 0 N–H and O–H groups in total. The maximum atomic E-state index is 11.5. The fraction of sp³-hybridized carbons (Fsp3) is 0.800. The standard InChI is InChI=1S/C15H26O9/c1-9(16)22-8-12(20-5)14(21-6)15(24-11(3)18)13(7-19-4)23-10(2)17/h12-15H,7-8H2,1-6H3/t12-,13+,14-,15-/m1/s1. The smallest absolute Gasteiger partial charge is 0.303 e. The molecular formula is C15H26O9. The highest BCUT2D eigenvalue weighted by atomic mass is 16.6. The van der Waals surface area contributed by atoms with E-state index in [1.165, 1.54) is 42.1 Å². The maximum absolute atomic E-state index is 11.5. The second kappa shape index (κ2) is 11.8. The third-order valence-electron chi connectivity index (χ3n) is 3.03. The molecule has 0 bridgehead atoms. The molecule has 0 amide bonds. The number of methoxy groups -OCH3 is 3. The van der Waals surface area contributed by atoms with Crippen LogP contribution < -0.4 is 0 Å². The zero-order valence-corrected chi connectivity index (χ0v) is 14.9. The predicted molar refractivity (Wildman–Crippen MR) is 81.2 cm³/mol. The molecule has 0 aliphatic heterocycles. The van der Waals surface area contributed by atoms with Crippen LogP contribution in [-0.4, -0.2) is 76.9 Å². The van der Waals surface area contributed by atoms with E-state index in [1.54, 1.807) is 0 Å². The first-order chi connectivity index (χ1) is 11.3. The minimum Gasteiger partial charge on any atom is -0.463 e. The lowest BCUT2D eigenvalue weighted by atomic mass is 10.0. The molecule has 0 saturated heterocycles. The first-order valence-corrected chi connectivity index (χ1v) is 7.29. The number of hydrogen-bond donors (Lipinski definition) is 0. The van der Waals surface area contributed by atoms with Gasteiger partial charge in [0.1, 0.15) is 18.8 Å². The van der Waals surface area contributed by atoms with Gasteiger partial charge in [-0.1, -0.05) is 0 Å². The lowest BCUT2D eigenvalue weighted by Gasteiger charge is -2.34. The normalized spacial score (nSPS) is 15.8. The van der Waals surface area contributed by atoms with Crippen LogP contribution in [0, 0.1) is 0 Å². The summed E-state index contributed by atoms with van der Waals surface area (Å²) in [5, 5.41) is 0. The van der Waals surface area contributed by atoms with Crippen LogP contribution in [0.5, 0.6) is 0 Å². The molecule has 140 valence electrons. The van der Waals surface area contributed by atoms with Crippen LogP contribution >= 0.6 is 0 Å². The van der Waals surface area contributed by atoms with Gasteiger partial charge in [0, 0.05) is 42.1 Å². The van der Waals surface area contributed by atoms with Crippen LogP contribution in [0.15, 0.2) is 0 Å². The lowest BCUT2D eigenvalue weighted by Crippen LogP contribution is -2.52. The van der Waals surface area contributed by atoms with Crippen molar-refractivity contribution in [2.75, 3.05) is 34.5 Å². The van der Waals surface area contributed by atoms with Gasteiger partial charge in [-0.3, -0.25) is 14.4 Å². The van der Waals surface area contributed by atoms with Crippen molar-refractivity contribution < 1.29 is 42.8 Å². The summed E-state index contributed by atoms with van der Waals surface area (Å²) in [5.74, 6) is -1.67. The molecule has 0 aliphatic rings. The topological polar surface area (TPSA) is 107 Å². The van der Waals surface area contributed by atoms with Crippen LogP contribution in [0.4, 0.5) is 0 Å². The summed E-state index contributed by atoms with van der Waals surface area (Å²) in [6, 6.07) is 0. The molecule has 0 aliphatic carbocycles. The highest BCUT2D eigenvalue weighted by Gasteiger charge is 2.40. The zero-order valence-electron chi connectivity index (χ0n) is 14.9. The van der Waals surface area contributed by atoms with Crippen molar-refractivity contribution in [1.82, 2.24) is 0 Å². The molecule has 9 heteroatoms. The fourth-order valence-corrected chi connectivity index (χ4v) is 2.11. The van der Waals surface area contributed by atoms with E-state index in [-0.39, 0.29) is 13.2 Å². The number of esters is 3. The molecule has 0 heterocycles. The molecule has 4 atom stereocenters. The van der Waals surface area contributed by atoms with Crippen molar-refractivity contribution in [3.63, 3.8) is 0 Å². The molecule has 0 rings (SSSR count). The Labute approximate surface area is 141 Å². The third kappa shape index (κ3) is 8.23. The Hall–Kier alpha value is -1.71. The van der Waals surface area contributed by atoms with Gasteiger partial charge < -0.3 is 28.4 Å². The number of ether oxygens (including phenoxy) is 6. The average molecular weight is 350 g/mol. The van der Waals surface area contributed by atoms with Gasteiger partial charge in [0.2, 0.25) is 0 Å². The van der Waals surface area contributed by atoms with Crippen molar-refractivity contribution in [1.29, 1.82) is 0 Å². The summed E-state index contributed by atoms with van der Waals surface area (Å²) >= 11 is 0. The fourth-order valence-electron chi connectivity index (χ4n) is 2.11. The van der Waals surface area contributed by atoms with Gasteiger partial charge in [-0.15, -0.1) is 0 Å². The van der Waals surface area contributed by atoms with Crippen LogP contribution in [0.1, 0.15) is 20.8 Å². The first-order valence-electron chi connectivity index (χ1n) is 7.29. The van der Waals surface area contributed by atoms with Crippen molar-refractivity contribution in [2.24, 2.45) is 0 Å². The van der Waals surface area contributed by atoms with Crippen LogP contribution in [0.25, 0.3) is 0 Å². The van der Waals surface area contributed by atoms with Crippen molar-refractivity contribution >= 4 is 17.9 Å². The quantitative estimate of drug-likeness (QED) is 0.378. The minimum absolute atomic E-state index is 0.0264. The summed E-state index contributed by atoms with van der Waals surface area (Å²) in [5.41, 5.74) is 0. The zero-order chi connectivity index (χ0) is 18.7. The summed E-state index contributed by atoms with van der Waals surface area (Å²) in [6.45, 7) is 3.54. The molecule has 0 aromatic carbocycles. The molecule has 9 nitrogen and oxygen atoms in total. The first kappa shape index (κ1) is 22.3. The molecular weight excluding hydrogens is 324 g/mol. The van der Waals surface area contributed by atoms with Crippen LogP contribution in [0.3, 0.4) is 0 Å². The Bertz CT molecular complexity index is 410. The van der Waals surface area contributed by atoms with Gasteiger partial charge >= 0.3 is 17.9 Å². The van der Waals surface area contributed by atoms with Crippen molar-refractivity contribution in [3.8, 4) is 0 Å². The van der Waals surface area contributed by atoms with Crippen molar-refractivity contribution in [3.05, 3.63) is 0 Å². The van der Waals surface area contributed by atoms with Crippen LogP contribution in [-0.2, 0) is 42.8 Å². The van der Waals surface area contributed by atoms with E-state index in [4.69, 9.17) is 28.4 Å². The molecule has 0 radical (unpaired) electrons. The molecule has 0 spiro atoms. The number of hydrogen-bond acceptors (Lipinski definition) is 9. The van der Waals surface area contributed by atoms with E-state index in [0.29, 0.717) is 0 Å². The maximum Gasteiger partial charge on any atom is 0.303 e.